The predicted octanol–water partition coefficient (Wildman–Crippen LogP) is 4.09. The quantitative estimate of drug-likeness (QED) is 0.915. The summed E-state index contributed by atoms with van der Waals surface area (Å²) in [6, 6.07) is 13.2. The molecule has 0 aliphatic heterocycles. The van der Waals surface area contributed by atoms with Gasteiger partial charge in [-0.1, -0.05) is 34.1 Å². The molecule has 0 spiro atoms. The summed E-state index contributed by atoms with van der Waals surface area (Å²) in [5.41, 5.74) is 3.61. The van der Waals surface area contributed by atoms with Gasteiger partial charge in [-0.25, -0.2) is 4.79 Å². The molecular formula is C16H16BrNO2. The first-order valence-corrected chi connectivity index (χ1v) is 7.06. The summed E-state index contributed by atoms with van der Waals surface area (Å²) >= 11 is 3.48. The van der Waals surface area contributed by atoms with Crippen molar-refractivity contribution in [3.05, 3.63) is 63.6 Å². The van der Waals surface area contributed by atoms with Crippen LogP contribution in [0, 0.1) is 6.92 Å². The molecule has 0 bridgehead atoms. The summed E-state index contributed by atoms with van der Waals surface area (Å²) in [6.07, 6.45) is 0. The molecule has 104 valence electrons. The molecule has 0 aromatic heterocycles. The van der Waals surface area contributed by atoms with Gasteiger partial charge >= 0.3 is 5.97 Å². The number of hydrogen-bond acceptors (Lipinski definition) is 2. The van der Waals surface area contributed by atoms with Gasteiger partial charge in [0, 0.05) is 23.8 Å². The van der Waals surface area contributed by atoms with Gasteiger partial charge in [0.25, 0.3) is 0 Å². The zero-order valence-corrected chi connectivity index (χ0v) is 13.0. The van der Waals surface area contributed by atoms with Gasteiger partial charge < -0.3 is 10.0 Å². The first kappa shape index (κ1) is 14.6. The molecule has 0 unspecified atom stereocenters. The molecule has 0 atom stereocenters. The van der Waals surface area contributed by atoms with Crippen molar-refractivity contribution in [3.8, 4) is 0 Å². The van der Waals surface area contributed by atoms with E-state index >= 15 is 0 Å². The van der Waals surface area contributed by atoms with E-state index in [1.165, 1.54) is 5.56 Å². The van der Waals surface area contributed by atoms with E-state index in [0.29, 0.717) is 12.1 Å². The average molecular weight is 334 g/mol. The molecule has 2 aromatic carbocycles. The fourth-order valence-electron chi connectivity index (χ4n) is 2.16. The van der Waals surface area contributed by atoms with E-state index in [2.05, 4.69) is 39.9 Å². The fourth-order valence-corrected chi connectivity index (χ4v) is 2.50. The van der Waals surface area contributed by atoms with Crippen molar-refractivity contribution >= 4 is 27.6 Å². The zero-order chi connectivity index (χ0) is 14.7. The van der Waals surface area contributed by atoms with Gasteiger partial charge in [0.15, 0.2) is 0 Å². The standard InChI is InChI=1S/C16H16BrNO2/c1-11-6-7-14(17)9-15(11)18(2)10-12-4-3-5-13(8-12)16(19)20/h3-9H,10H2,1-2H3,(H,19,20). The maximum absolute atomic E-state index is 11.0. The monoisotopic (exact) mass is 333 g/mol. The van der Waals surface area contributed by atoms with Crippen LogP contribution in [-0.2, 0) is 6.54 Å². The van der Waals surface area contributed by atoms with Gasteiger partial charge in [-0.15, -0.1) is 0 Å². The third-order valence-electron chi connectivity index (χ3n) is 3.18. The molecule has 20 heavy (non-hydrogen) atoms. The smallest absolute Gasteiger partial charge is 0.335 e. The van der Waals surface area contributed by atoms with Crippen molar-refractivity contribution in [2.24, 2.45) is 0 Å². The minimum atomic E-state index is -0.895. The SMILES string of the molecule is Cc1ccc(Br)cc1N(C)Cc1cccc(C(=O)O)c1. The number of carbonyl (C=O) groups is 1. The minimum Gasteiger partial charge on any atom is -0.478 e. The number of aromatic carboxylic acids is 1. The molecule has 0 heterocycles. The van der Waals surface area contributed by atoms with Crippen molar-refractivity contribution in [3.63, 3.8) is 0 Å². The van der Waals surface area contributed by atoms with Crippen LogP contribution in [0.3, 0.4) is 0 Å². The van der Waals surface area contributed by atoms with Crippen LogP contribution in [0.25, 0.3) is 0 Å². The molecule has 0 fully saturated rings. The summed E-state index contributed by atoms with van der Waals surface area (Å²) in [4.78, 5) is 13.1. The van der Waals surface area contributed by atoms with Crippen LogP contribution in [0.15, 0.2) is 46.9 Å². The second-order valence-electron chi connectivity index (χ2n) is 4.79. The van der Waals surface area contributed by atoms with Crippen LogP contribution < -0.4 is 4.90 Å². The summed E-state index contributed by atoms with van der Waals surface area (Å²) in [5.74, 6) is -0.895. The topological polar surface area (TPSA) is 40.5 Å². The fraction of sp³-hybridized carbons (Fsp3) is 0.188. The summed E-state index contributed by atoms with van der Waals surface area (Å²) in [6.45, 7) is 2.73. The van der Waals surface area contributed by atoms with Crippen LogP contribution in [0.2, 0.25) is 0 Å². The van der Waals surface area contributed by atoms with Crippen molar-refractivity contribution in [1.82, 2.24) is 0 Å². The number of benzene rings is 2. The maximum atomic E-state index is 11.0. The Bertz CT molecular complexity index is 640. The normalized spacial score (nSPS) is 10.3. The van der Waals surface area contributed by atoms with Crippen LogP contribution in [0.5, 0.6) is 0 Å². The molecule has 4 heteroatoms. The molecule has 2 rings (SSSR count). The Kier molecular flexibility index (Phi) is 4.45. The van der Waals surface area contributed by atoms with Crippen LogP contribution in [-0.4, -0.2) is 18.1 Å². The molecule has 0 aliphatic rings. The highest BCUT2D eigenvalue weighted by molar-refractivity contribution is 9.10. The summed E-state index contributed by atoms with van der Waals surface area (Å²) in [5, 5.41) is 9.02. The zero-order valence-electron chi connectivity index (χ0n) is 11.4. The van der Waals surface area contributed by atoms with Crippen molar-refractivity contribution in [1.29, 1.82) is 0 Å². The Hall–Kier alpha value is -1.81. The van der Waals surface area contributed by atoms with Gasteiger partial charge in [0.05, 0.1) is 5.56 Å². The predicted molar refractivity (Wildman–Crippen MR) is 84.4 cm³/mol. The number of nitrogens with zero attached hydrogens (tertiary/aromatic N) is 1. The number of aryl methyl sites for hydroxylation is 1. The molecular weight excluding hydrogens is 318 g/mol. The Morgan fingerprint density at radius 2 is 2.00 bits per heavy atom. The third-order valence-corrected chi connectivity index (χ3v) is 3.67. The molecule has 1 N–H and O–H groups in total. The van der Waals surface area contributed by atoms with E-state index in [9.17, 15) is 4.79 Å². The average Bonchev–Trinajstić information content (AvgIpc) is 2.41. The third kappa shape index (κ3) is 3.39. The van der Waals surface area contributed by atoms with Gasteiger partial charge in [-0.2, -0.15) is 0 Å². The van der Waals surface area contributed by atoms with Crippen LogP contribution >= 0.6 is 15.9 Å². The Labute approximate surface area is 127 Å². The lowest BCUT2D eigenvalue weighted by molar-refractivity contribution is 0.0696. The highest BCUT2D eigenvalue weighted by Gasteiger charge is 2.08. The molecule has 0 amide bonds. The van der Waals surface area contributed by atoms with Crippen LogP contribution in [0.1, 0.15) is 21.5 Å². The first-order chi connectivity index (χ1) is 9.47. The lowest BCUT2D eigenvalue weighted by Gasteiger charge is -2.22. The van der Waals surface area contributed by atoms with E-state index in [1.54, 1.807) is 18.2 Å². The van der Waals surface area contributed by atoms with Gasteiger partial charge in [-0.3, -0.25) is 0 Å². The molecule has 0 saturated carbocycles. The summed E-state index contributed by atoms with van der Waals surface area (Å²) in [7, 11) is 2.00. The van der Waals surface area contributed by atoms with Gasteiger partial charge in [0.1, 0.15) is 0 Å². The molecule has 3 nitrogen and oxygen atoms in total. The lowest BCUT2D eigenvalue weighted by atomic mass is 10.1. The van der Waals surface area contributed by atoms with E-state index < -0.39 is 5.97 Å². The highest BCUT2D eigenvalue weighted by Crippen LogP contribution is 2.25. The maximum Gasteiger partial charge on any atom is 0.335 e. The number of halogens is 1. The van der Waals surface area contributed by atoms with Gasteiger partial charge in [-0.05, 0) is 42.3 Å². The number of anilines is 1. The Balaban J connectivity index is 2.23. The highest BCUT2D eigenvalue weighted by atomic mass is 79.9. The van der Waals surface area contributed by atoms with Crippen molar-refractivity contribution in [2.45, 2.75) is 13.5 Å². The number of carboxylic acid groups (broad SMARTS) is 1. The minimum absolute atomic E-state index is 0.321. The first-order valence-electron chi connectivity index (χ1n) is 6.27. The van der Waals surface area contributed by atoms with Crippen molar-refractivity contribution in [2.75, 3.05) is 11.9 Å². The van der Waals surface area contributed by atoms with E-state index in [0.717, 1.165) is 15.7 Å². The number of rotatable bonds is 4. The van der Waals surface area contributed by atoms with E-state index in [4.69, 9.17) is 5.11 Å². The molecule has 0 saturated heterocycles. The number of carboxylic acids is 1. The Morgan fingerprint density at radius 3 is 2.70 bits per heavy atom. The summed E-state index contributed by atoms with van der Waals surface area (Å²) < 4.78 is 1.03. The lowest BCUT2D eigenvalue weighted by Crippen LogP contribution is -2.17. The van der Waals surface area contributed by atoms with E-state index in [-0.39, 0.29) is 0 Å². The Morgan fingerprint density at radius 1 is 1.25 bits per heavy atom. The second kappa shape index (κ2) is 6.09. The largest absolute Gasteiger partial charge is 0.478 e. The molecule has 0 radical (unpaired) electrons. The van der Waals surface area contributed by atoms with Crippen molar-refractivity contribution < 1.29 is 9.90 Å². The van der Waals surface area contributed by atoms with Gasteiger partial charge in [0.2, 0.25) is 0 Å². The van der Waals surface area contributed by atoms with Crippen LogP contribution in [0.4, 0.5) is 5.69 Å². The number of hydrogen-bond donors (Lipinski definition) is 1. The second-order valence-corrected chi connectivity index (χ2v) is 5.71. The molecule has 2 aromatic rings. The van der Waals surface area contributed by atoms with E-state index in [1.807, 2.05) is 19.2 Å². The molecule has 0 aliphatic carbocycles.